The number of pyridine rings is 2. The van der Waals surface area contributed by atoms with Gasteiger partial charge in [0.05, 0.1) is 24.1 Å². The van der Waals surface area contributed by atoms with Gasteiger partial charge in [-0.15, -0.1) is 5.10 Å². The van der Waals surface area contributed by atoms with Crippen molar-refractivity contribution in [2.75, 3.05) is 31.2 Å². The topological polar surface area (TPSA) is 102 Å². The summed E-state index contributed by atoms with van der Waals surface area (Å²) in [5, 5.41) is 11.6. The van der Waals surface area contributed by atoms with Gasteiger partial charge in [0.2, 0.25) is 5.88 Å². The first-order valence-corrected chi connectivity index (χ1v) is 11.1. The summed E-state index contributed by atoms with van der Waals surface area (Å²) >= 11 is 0. The van der Waals surface area contributed by atoms with Crippen LogP contribution in [0, 0.1) is 0 Å². The fourth-order valence-corrected chi connectivity index (χ4v) is 4.24. The lowest BCUT2D eigenvalue weighted by Gasteiger charge is -2.31. The predicted octanol–water partition coefficient (Wildman–Crippen LogP) is 2.38. The molecule has 9 nitrogen and oxygen atoms in total. The van der Waals surface area contributed by atoms with Crippen molar-refractivity contribution in [3.05, 3.63) is 48.4 Å². The number of aromatic nitrogens is 4. The molecule has 1 aliphatic carbocycles. The first-order valence-electron chi connectivity index (χ1n) is 11.1. The second kappa shape index (κ2) is 9.44. The van der Waals surface area contributed by atoms with Crippen LogP contribution in [0.15, 0.2) is 42.7 Å². The van der Waals surface area contributed by atoms with Crippen LogP contribution < -0.4 is 15.0 Å². The molecule has 1 aliphatic heterocycles. The van der Waals surface area contributed by atoms with E-state index in [0.717, 1.165) is 55.5 Å². The van der Waals surface area contributed by atoms with Gasteiger partial charge in [-0.05, 0) is 49.9 Å². The fourth-order valence-electron chi connectivity index (χ4n) is 4.24. The van der Waals surface area contributed by atoms with E-state index < -0.39 is 0 Å². The van der Waals surface area contributed by atoms with Crippen molar-refractivity contribution in [2.24, 2.45) is 0 Å². The summed E-state index contributed by atoms with van der Waals surface area (Å²) in [5.74, 6) is 1.32. The maximum atomic E-state index is 12.3. The number of hydrogen-bond donors (Lipinski definition) is 1. The van der Waals surface area contributed by atoms with Crippen LogP contribution in [0.3, 0.4) is 0 Å². The highest BCUT2D eigenvalue weighted by molar-refractivity contribution is 5.92. The summed E-state index contributed by atoms with van der Waals surface area (Å²) in [5.41, 5.74) is 1.22. The number of morpholine rings is 1. The molecule has 1 saturated heterocycles. The van der Waals surface area contributed by atoms with Crippen molar-refractivity contribution in [3.8, 4) is 5.88 Å². The monoisotopic (exact) mass is 434 g/mol. The Kier molecular flexibility index (Phi) is 6.06. The van der Waals surface area contributed by atoms with Crippen LogP contribution in [-0.2, 0) is 4.74 Å². The third kappa shape index (κ3) is 4.62. The number of carbonyl (C=O) groups excluding carboxylic acids is 1. The molecule has 3 aromatic heterocycles. The van der Waals surface area contributed by atoms with Gasteiger partial charge in [-0.25, -0.2) is 0 Å². The number of rotatable bonds is 5. The second-order valence-corrected chi connectivity index (χ2v) is 8.13. The minimum Gasteiger partial charge on any atom is -0.474 e. The van der Waals surface area contributed by atoms with Gasteiger partial charge < -0.3 is 19.7 Å². The number of nitrogens with one attached hydrogen (secondary N) is 1. The number of ether oxygens (including phenoxy) is 2. The van der Waals surface area contributed by atoms with E-state index in [2.05, 4.69) is 25.4 Å². The number of carbonyl (C=O) groups is 1. The van der Waals surface area contributed by atoms with Crippen LogP contribution in [0.1, 0.15) is 36.2 Å². The molecule has 32 heavy (non-hydrogen) atoms. The summed E-state index contributed by atoms with van der Waals surface area (Å²) in [6.07, 6.45) is 6.77. The Bertz CT molecular complexity index is 1070. The van der Waals surface area contributed by atoms with Crippen molar-refractivity contribution in [1.29, 1.82) is 0 Å². The molecule has 1 saturated carbocycles. The van der Waals surface area contributed by atoms with Gasteiger partial charge in [-0.3, -0.25) is 9.78 Å². The molecule has 9 heteroatoms. The Labute approximate surface area is 186 Å². The number of fused-ring (bicyclic) bond motifs is 1. The lowest BCUT2D eigenvalue weighted by Crippen LogP contribution is -2.40. The molecule has 0 bridgehead atoms. The Morgan fingerprint density at radius 3 is 2.69 bits per heavy atom. The highest BCUT2D eigenvalue weighted by Crippen LogP contribution is 2.31. The Balaban J connectivity index is 1.25. The summed E-state index contributed by atoms with van der Waals surface area (Å²) < 4.78 is 11.9. The van der Waals surface area contributed by atoms with E-state index >= 15 is 0 Å². The SMILES string of the molecule is O=C(NC1CCC(Oc2nc(N3CCOCC3)cc3ncccc23)CC1)c1cccnn1. The number of hydrogen-bond acceptors (Lipinski definition) is 8. The minimum atomic E-state index is -0.181. The average molecular weight is 435 g/mol. The van der Waals surface area contributed by atoms with Crippen LogP contribution in [0.25, 0.3) is 10.9 Å². The Morgan fingerprint density at radius 2 is 1.91 bits per heavy atom. The van der Waals surface area contributed by atoms with Crippen molar-refractivity contribution < 1.29 is 14.3 Å². The maximum absolute atomic E-state index is 12.3. The van der Waals surface area contributed by atoms with Gasteiger partial charge in [-0.1, -0.05) is 0 Å². The van der Waals surface area contributed by atoms with Gasteiger partial charge in [0, 0.05) is 37.6 Å². The van der Waals surface area contributed by atoms with Crippen molar-refractivity contribution in [3.63, 3.8) is 0 Å². The molecule has 0 atom stereocenters. The van der Waals surface area contributed by atoms with E-state index in [4.69, 9.17) is 14.5 Å². The molecule has 3 aromatic rings. The van der Waals surface area contributed by atoms with Crippen LogP contribution in [0.5, 0.6) is 5.88 Å². The molecular weight excluding hydrogens is 408 g/mol. The average Bonchev–Trinajstić information content (AvgIpc) is 2.86. The van der Waals surface area contributed by atoms with Gasteiger partial charge in [0.15, 0.2) is 5.69 Å². The molecule has 1 amide bonds. The molecule has 2 aliphatic rings. The maximum Gasteiger partial charge on any atom is 0.272 e. The predicted molar refractivity (Wildman–Crippen MR) is 119 cm³/mol. The summed E-state index contributed by atoms with van der Waals surface area (Å²) in [7, 11) is 0. The summed E-state index contributed by atoms with van der Waals surface area (Å²) in [6.45, 7) is 3.01. The third-order valence-electron chi connectivity index (χ3n) is 5.98. The highest BCUT2D eigenvalue weighted by atomic mass is 16.5. The molecule has 166 valence electrons. The Hall–Kier alpha value is -3.33. The zero-order chi connectivity index (χ0) is 21.8. The lowest BCUT2D eigenvalue weighted by molar-refractivity contribution is 0.0885. The van der Waals surface area contributed by atoms with Crippen LogP contribution in [0.4, 0.5) is 5.82 Å². The standard InChI is InChI=1S/C23H26N6O3/c30-22(19-4-2-10-25-28-19)26-16-5-7-17(8-6-16)32-23-18-3-1-9-24-20(18)15-21(27-23)29-11-13-31-14-12-29/h1-4,9-10,15-17H,5-8,11-14H2,(H,26,30). The second-order valence-electron chi connectivity index (χ2n) is 8.13. The van der Waals surface area contributed by atoms with E-state index in [1.807, 2.05) is 18.2 Å². The molecular formula is C23H26N6O3. The molecule has 0 spiro atoms. The first kappa shape index (κ1) is 20.6. The number of amides is 1. The molecule has 5 rings (SSSR count). The van der Waals surface area contributed by atoms with Crippen molar-refractivity contribution >= 4 is 22.6 Å². The lowest BCUT2D eigenvalue weighted by atomic mass is 9.93. The summed E-state index contributed by atoms with van der Waals surface area (Å²) in [4.78, 5) is 23.9. The van der Waals surface area contributed by atoms with E-state index in [0.29, 0.717) is 24.8 Å². The largest absolute Gasteiger partial charge is 0.474 e. The normalized spacial score (nSPS) is 21.3. The van der Waals surface area contributed by atoms with Gasteiger partial charge in [-0.2, -0.15) is 10.1 Å². The first-order chi connectivity index (χ1) is 15.8. The van der Waals surface area contributed by atoms with Gasteiger partial charge in [0.25, 0.3) is 5.91 Å². The van der Waals surface area contributed by atoms with Gasteiger partial charge >= 0.3 is 0 Å². The van der Waals surface area contributed by atoms with Crippen molar-refractivity contribution in [1.82, 2.24) is 25.5 Å². The van der Waals surface area contributed by atoms with Gasteiger partial charge in [0.1, 0.15) is 11.9 Å². The van der Waals surface area contributed by atoms with E-state index in [1.54, 1.807) is 24.5 Å². The molecule has 4 heterocycles. The molecule has 2 fully saturated rings. The van der Waals surface area contributed by atoms with E-state index in [1.165, 1.54) is 0 Å². The van der Waals surface area contributed by atoms with E-state index in [-0.39, 0.29) is 18.1 Å². The molecule has 0 radical (unpaired) electrons. The minimum absolute atomic E-state index is 0.0514. The number of nitrogens with zero attached hydrogens (tertiary/aromatic N) is 5. The number of anilines is 1. The third-order valence-corrected chi connectivity index (χ3v) is 5.98. The van der Waals surface area contributed by atoms with Crippen molar-refractivity contribution in [2.45, 2.75) is 37.8 Å². The van der Waals surface area contributed by atoms with Crippen LogP contribution >= 0.6 is 0 Å². The van der Waals surface area contributed by atoms with E-state index in [9.17, 15) is 4.79 Å². The fraction of sp³-hybridized carbons (Fsp3) is 0.435. The zero-order valence-corrected chi connectivity index (χ0v) is 17.8. The van der Waals surface area contributed by atoms with Crippen LogP contribution in [0.2, 0.25) is 0 Å². The molecule has 0 aromatic carbocycles. The smallest absolute Gasteiger partial charge is 0.272 e. The van der Waals surface area contributed by atoms with Crippen LogP contribution in [-0.4, -0.2) is 64.5 Å². The summed E-state index contributed by atoms with van der Waals surface area (Å²) in [6, 6.07) is 9.42. The molecule has 0 unspecified atom stereocenters. The molecule has 1 N–H and O–H groups in total. The zero-order valence-electron chi connectivity index (χ0n) is 17.8. The quantitative estimate of drug-likeness (QED) is 0.653. The highest BCUT2D eigenvalue weighted by Gasteiger charge is 2.26. The Morgan fingerprint density at radius 1 is 1.09 bits per heavy atom.